The molecule has 0 amide bonds. The van der Waals surface area contributed by atoms with Crippen LogP contribution in [0.4, 0.5) is 0 Å². The second-order valence-corrected chi connectivity index (χ2v) is 7.25. The number of nitrogens with one attached hydrogen (secondary N) is 1. The molecule has 0 aliphatic rings. The number of benzene rings is 1. The highest BCUT2D eigenvalue weighted by Gasteiger charge is 2.28. The predicted octanol–water partition coefficient (Wildman–Crippen LogP) is 2.61. The molecule has 0 spiro atoms. The van der Waals surface area contributed by atoms with E-state index in [1.54, 1.807) is 56.8 Å². The number of methoxy groups -OCH3 is 1. The first kappa shape index (κ1) is 16.5. The zero-order valence-corrected chi connectivity index (χ0v) is 13.9. The van der Waals surface area contributed by atoms with Crippen molar-refractivity contribution in [3.63, 3.8) is 0 Å². The number of pyridine rings is 1. The fourth-order valence-electron chi connectivity index (χ4n) is 2.27. The summed E-state index contributed by atoms with van der Waals surface area (Å²) in [4.78, 5) is 4.20. The van der Waals surface area contributed by atoms with Gasteiger partial charge in [0.15, 0.2) is 0 Å². The molecular weight excluding hydrogens is 300 g/mol. The van der Waals surface area contributed by atoms with Gasteiger partial charge in [-0.3, -0.25) is 4.98 Å². The van der Waals surface area contributed by atoms with Crippen LogP contribution in [-0.4, -0.2) is 20.5 Å². The molecular formula is C16H20N2O3S. The van der Waals surface area contributed by atoms with Gasteiger partial charge in [-0.2, -0.15) is 0 Å². The first-order valence-electron chi connectivity index (χ1n) is 6.85. The van der Waals surface area contributed by atoms with Gasteiger partial charge in [0.1, 0.15) is 5.75 Å². The molecule has 0 radical (unpaired) electrons. The number of sulfonamides is 1. The van der Waals surface area contributed by atoms with Crippen molar-refractivity contribution in [3.05, 3.63) is 53.9 Å². The van der Waals surface area contributed by atoms with Gasteiger partial charge in [0.25, 0.3) is 0 Å². The molecule has 118 valence electrons. The van der Waals surface area contributed by atoms with Crippen molar-refractivity contribution < 1.29 is 13.2 Å². The number of ether oxygens (including phenoxy) is 1. The third-order valence-electron chi connectivity index (χ3n) is 3.46. The molecule has 0 fully saturated rings. The maximum absolute atomic E-state index is 12.7. The summed E-state index contributed by atoms with van der Waals surface area (Å²) in [6.07, 6.45) is 3.29. The molecule has 0 aliphatic carbocycles. The molecule has 6 heteroatoms. The van der Waals surface area contributed by atoms with Crippen LogP contribution in [0, 0.1) is 6.92 Å². The van der Waals surface area contributed by atoms with E-state index in [1.807, 2.05) is 13.8 Å². The highest BCUT2D eigenvalue weighted by atomic mass is 32.2. The summed E-state index contributed by atoms with van der Waals surface area (Å²) in [5, 5.41) is 0. The van der Waals surface area contributed by atoms with E-state index in [4.69, 9.17) is 4.74 Å². The number of hydrogen-bond acceptors (Lipinski definition) is 4. The maximum atomic E-state index is 12.7. The Morgan fingerprint density at radius 3 is 2.32 bits per heavy atom. The summed E-state index contributed by atoms with van der Waals surface area (Å²) in [6, 6.07) is 8.49. The Balaban J connectivity index is 2.36. The SMILES string of the molecule is COc1ccc(S(=O)(=O)NC(C)(C)c2ccncc2)c(C)c1. The number of aromatic nitrogens is 1. The predicted molar refractivity (Wildman–Crippen MR) is 85.3 cm³/mol. The van der Waals surface area contributed by atoms with Gasteiger partial charge in [-0.1, -0.05) is 0 Å². The Kier molecular flexibility index (Phi) is 4.53. The van der Waals surface area contributed by atoms with Gasteiger partial charge in [0.2, 0.25) is 10.0 Å². The molecule has 22 heavy (non-hydrogen) atoms. The summed E-state index contributed by atoms with van der Waals surface area (Å²) in [5.41, 5.74) is 0.739. The molecule has 0 saturated carbocycles. The zero-order valence-electron chi connectivity index (χ0n) is 13.1. The van der Waals surface area contributed by atoms with E-state index in [0.717, 1.165) is 5.56 Å². The minimum atomic E-state index is -3.65. The molecule has 1 N–H and O–H groups in total. The van der Waals surface area contributed by atoms with Crippen LogP contribution in [-0.2, 0) is 15.6 Å². The summed E-state index contributed by atoms with van der Waals surface area (Å²) in [5.74, 6) is 0.629. The summed E-state index contributed by atoms with van der Waals surface area (Å²) in [6.45, 7) is 5.38. The fourth-order valence-corrected chi connectivity index (χ4v) is 3.90. The van der Waals surface area contributed by atoms with Crippen molar-refractivity contribution in [2.45, 2.75) is 31.2 Å². The largest absolute Gasteiger partial charge is 0.497 e. The van der Waals surface area contributed by atoms with E-state index < -0.39 is 15.6 Å². The number of aryl methyl sites for hydroxylation is 1. The van der Waals surface area contributed by atoms with Gasteiger partial charge in [-0.15, -0.1) is 0 Å². The first-order chi connectivity index (χ1) is 10.3. The van der Waals surface area contributed by atoms with Crippen molar-refractivity contribution >= 4 is 10.0 Å². The average Bonchev–Trinajstić information content (AvgIpc) is 2.46. The van der Waals surface area contributed by atoms with Crippen molar-refractivity contribution in [3.8, 4) is 5.75 Å². The van der Waals surface area contributed by atoms with Crippen LogP contribution in [0.3, 0.4) is 0 Å². The lowest BCUT2D eigenvalue weighted by atomic mass is 9.97. The van der Waals surface area contributed by atoms with E-state index in [-0.39, 0.29) is 4.90 Å². The third kappa shape index (κ3) is 3.45. The van der Waals surface area contributed by atoms with E-state index >= 15 is 0 Å². The van der Waals surface area contributed by atoms with Gasteiger partial charge < -0.3 is 4.74 Å². The lowest BCUT2D eigenvalue weighted by molar-refractivity contribution is 0.414. The molecule has 0 atom stereocenters. The smallest absolute Gasteiger partial charge is 0.241 e. The van der Waals surface area contributed by atoms with Gasteiger partial charge in [0, 0.05) is 12.4 Å². The fraction of sp³-hybridized carbons (Fsp3) is 0.312. The summed E-state index contributed by atoms with van der Waals surface area (Å²) >= 11 is 0. The highest BCUT2D eigenvalue weighted by Crippen LogP contribution is 2.25. The number of rotatable bonds is 5. The van der Waals surface area contributed by atoms with Crippen LogP contribution in [0.1, 0.15) is 25.0 Å². The Morgan fingerprint density at radius 1 is 1.14 bits per heavy atom. The summed E-state index contributed by atoms with van der Waals surface area (Å²) in [7, 11) is -2.10. The lowest BCUT2D eigenvalue weighted by Crippen LogP contribution is -2.41. The van der Waals surface area contributed by atoms with Crippen LogP contribution >= 0.6 is 0 Å². The van der Waals surface area contributed by atoms with E-state index in [1.165, 1.54) is 0 Å². The molecule has 2 rings (SSSR count). The minimum absolute atomic E-state index is 0.246. The van der Waals surface area contributed by atoms with E-state index in [9.17, 15) is 8.42 Å². The molecule has 5 nitrogen and oxygen atoms in total. The second-order valence-electron chi connectivity index (χ2n) is 5.60. The summed E-state index contributed by atoms with van der Waals surface area (Å²) < 4.78 is 33.2. The van der Waals surface area contributed by atoms with Crippen LogP contribution in [0.15, 0.2) is 47.6 Å². The van der Waals surface area contributed by atoms with Gasteiger partial charge >= 0.3 is 0 Å². The zero-order chi connectivity index (χ0) is 16.4. The molecule has 0 unspecified atom stereocenters. The van der Waals surface area contributed by atoms with Crippen molar-refractivity contribution in [2.24, 2.45) is 0 Å². The maximum Gasteiger partial charge on any atom is 0.241 e. The van der Waals surface area contributed by atoms with Crippen molar-refractivity contribution in [1.82, 2.24) is 9.71 Å². The Bertz CT molecular complexity index is 756. The molecule has 0 aliphatic heterocycles. The monoisotopic (exact) mass is 320 g/mol. The first-order valence-corrected chi connectivity index (χ1v) is 8.34. The van der Waals surface area contributed by atoms with Crippen LogP contribution in [0.5, 0.6) is 5.75 Å². The van der Waals surface area contributed by atoms with E-state index in [2.05, 4.69) is 9.71 Å². The van der Waals surface area contributed by atoms with Gasteiger partial charge in [-0.05, 0) is 62.2 Å². The Morgan fingerprint density at radius 2 is 1.77 bits per heavy atom. The van der Waals surface area contributed by atoms with Crippen molar-refractivity contribution in [2.75, 3.05) is 7.11 Å². The normalized spacial score (nSPS) is 12.2. The highest BCUT2D eigenvalue weighted by molar-refractivity contribution is 7.89. The topological polar surface area (TPSA) is 68.3 Å². The number of nitrogens with zero attached hydrogens (tertiary/aromatic N) is 1. The van der Waals surface area contributed by atoms with Gasteiger partial charge in [-0.25, -0.2) is 13.1 Å². The molecule has 1 aromatic carbocycles. The van der Waals surface area contributed by atoms with Crippen LogP contribution in [0.25, 0.3) is 0 Å². The lowest BCUT2D eigenvalue weighted by Gasteiger charge is -2.26. The molecule has 2 aromatic rings. The average molecular weight is 320 g/mol. The number of hydrogen-bond donors (Lipinski definition) is 1. The van der Waals surface area contributed by atoms with Crippen LogP contribution in [0.2, 0.25) is 0 Å². The standard InChI is InChI=1S/C16H20N2O3S/c1-12-11-14(21-4)5-6-15(12)22(19,20)18-16(2,3)13-7-9-17-10-8-13/h5-11,18H,1-4H3. The molecule has 1 heterocycles. The third-order valence-corrected chi connectivity index (χ3v) is 5.28. The minimum Gasteiger partial charge on any atom is -0.497 e. The van der Waals surface area contributed by atoms with Gasteiger partial charge in [0.05, 0.1) is 17.5 Å². The molecule has 0 bridgehead atoms. The quantitative estimate of drug-likeness (QED) is 0.919. The second kappa shape index (κ2) is 6.06. The Hall–Kier alpha value is -1.92. The van der Waals surface area contributed by atoms with Crippen LogP contribution < -0.4 is 9.46 Å². The van der Waals surface area contributed by atoms with Crippen molar-refractivity contribution in [1.29, 1.82) is 0 Å². The van der Waals surface area contributed by atoms with E-state index in [0.29, 0.717) is 11.3 Å². The molecule has 1 aromatic heterocycles. The molecule has 0 saturated heterocycles. The Labute approximate surface area is 131 Å².